The van der Waals surface area contributed by atoms with Gasteiger partial charge in [0.05, 0.1) is 0 Å². The lowest BCUT2D eigenvalue weighted by Crippen LogP contribution is -2.51. The average molecular weight is 195 g/mol. The minimum Gasteiger partial charge on any atom is -0.448 e. The van der Waals surface area contributed by atoms with Gasteiger partial charge in [0.2, 0.25) is 0 Å². The molecule has 7 heteroatoms. The Kier molecular flexibility index (Phi) is 2.73. The molecule has 3 nitrogen and oxygen atoms in total. The van der Waals surface area contributed by atoms with E-state index in [2.05, 4.69) is 0 Å². The second-order valence-corrected chi connectivity index (χ2v) is 3.21. The number of amides is 2. The predicted octanol–water partition coefficient (Wildman–Crippen LogP) is 1.13. The van der Waals surface area contributed by atoms with E-state index >= 15 is 0 Å². The quantitative estimate of drug-likeness (QED) is 0.605. The maximum atomic E-state index is 12.0. The van der Waals surface area contributed by atoms with E-state index in [1.165, 1.54) is 11.9 Å². The molecule has 0 bridgehead atoms. The highest BCUT2D eigenvalue weighted by Crippen LogP contribution is 2.14. The molecule has 0 spiro atoms. The van der Waals surface area contributed by atoms with Gasteiger partial charge in [-0.2, -0.15) is 0 Å². The van der Waals surface area contributed by atoms with Crippen LogP contribution in [0.4, 0.5) is 17.7 Å². The number of carbonyl (C=O) groups excluding carboxylic acids is 1. The molecule has 0 unspecified atom stereocenters. The van der Waals surface area contributed by atoms with Crippen molar-refractivity contribution >= 4 is 13.0 Å². The largest absolute Gasteiger partial charge is 0.497 e. The van der Waals surface area contributed by atoms with Crippen LogP contribution >= 0.6 is 0 Å². The second-order valence-electron chi connectivity index (χ2n) is 3.21. The fourth-order valence-electron chi connectivity index (χ4n) is 1.35. The van der Waals surface area contributed by atoms with Crippen LogP contribution in [0.25, 0.3) is 0 Å². The van der Waals surface area contributed by atoms with Crippen molar-refractivity contribution in [3.63, 3.8) is 0 Å². The molecular formula is C6H11BF3N2O-. The lowest BCUT2D eigenvalue weighted by atomic mass is 9.91. The summed E-state index contributed by atoms with van der Waals surface area (Å²) in [5.74, 6) is 0. The fraction of sp³-hybridized carbons (Fsp3) is 0.833. The number of carbonyl (C=O) groups is 1. The third-order valence-corrected chi connectivity index (χ3v) is 1.95. The molecule has 76 valence electrons. The highest BCUT2D eigenvalue weighted by atomic mass is 19.4. The molecule has 0 aliphatic carbocycles. The van der Waals surface area contributed by atoms with Crippen molar-refractivity contribution in [2.75, 3.05) is 26.6 Å². The average Bonchev–Trinajstić information content (AvgIpc) is 1.96. The molecular weight excluding hydrogens is 184 g/mol. The first-order valence-corrected chi connectivity index (χ1v) is 4.11. The number of hydrogen-bond acceptors (Lipinski definition) is 1. The van der Waals surface area contributed by atoms with E-state index in [9.17, 15) is 17.7 Å². The Balaban J connectivity index is 2.54. The summed E-state index contributed by atoms with van der Waals surface area (Å²) in [7, 11) is 1.51. The molecule has 1 aliphatic heterocycles. The van der Waals surface area contributed by atoms with Crippen LogP contribution in [0.15, 0.2) is 0 Å². The van der Waals surface area contributed by atoms with Gasteiger partial charge in [-0.25, -0.2) is 4.79 Å². The Morgan fingerprint density at radius 3 is 2.54 bits per heavy atom. The minimum atomic E-state index is -4.90. The van der Waals surface area contributed by atoms with Crippen LogP contribution in [0.1, 0.15) is 6.42 Å². The normalized spacial score (nSPS) is 19.5. The van der Waals surface area contributed by atoms with Gasteiger partial charge < -0.3 is 22.7 Å². The van der Waals surface area contributed by atoms with E-state index in [1.54, 1.807) is 0 Å². The zero-order valence-corrected chi connectivity index (χ0v) is 7.34. The predicted molar refractivity (Wildman–Crippen MR) is 43.3 cm³/mol. The van der Waals surface area contributed by atoms with Crippen LogP contribution in [0.5, 0.6) is 0 Å². The molecule has 0 aromatic rings. The zero-order valence-electron chi connectivity index (χ0n) is 7.34. The van der Waals surface area contributed by atoms with Crippen LogP contribution in [-0.4, -0.2) is 49.4 Å². The van der Waals surface area contributed by atoms with Gasteiger partial charge in [-0.05, 0) is 12.9 Å². The van der Waals surface area contributed by atoms with E-state index in [0.717, 1.165) is 4.90 Å². The first kappa shape index (κ1) is 10.2. The Morgan fingerprint density at radius 2 is 2.00 bits per heavy atom. The fourth-order valence-corrected chi connectivity index (χ4v) is 1.35. The summed E-state index contributed by atoms with van der Waals surface area (Å²) in [6.45, 7) is -4.15. The number of nitrogens with zero attached hydrogens (tertiary/aromatic N) is 2. The summed E-state index contributed by atoms with van der Waals surface area (Å²) in [6, 6.07) is -0.523. The molecule has 2 amide bonds. The van der Waals surface area contributed by atoms with Gasteiger partial charge in [0.25, 0.3) is 0 Å². The molecule has 0 saturated carbocycles. The Morgan fingerprint density at radius 1 is 1.38 bits per heavy atom. The van der Waals surface area contributed by atoms with Gasteiger partial charge in [-0.1, -0.05) is 0 Å². The van der Waals surface area contributed by atoms with Gasteiger partial charge >= 0.3 is 13.0 Å². The van der Waals surface area contributed by atoms with Crippen molar-refractivity contribution in [1.82, 2.24) is 9.80 Å². The summed E-state index contributed by atoms with van der Waals surface area (Å²) < 4.78 is 36.0. The number of urea groups is 1. The molecule has 1 heterocycles. The highest BCUT2D eigenvalue weighted by Gasteiger charge is 2.31. The molecule has 1 rings (SSSR count). The molecule has 0 radical (unpaired) electrons. The smallest absolute Gasteiger partial charge is 0.448 e. The van der Waals surface area contributed by atoms with Gasteiger partial charge in [-0.15, -0.1) is 0 Å². The van der Waals surface area contributed by atoms with Crippen molar-refractivity contribution in [1.29, 1.82) is 0 Å². The van der Waals surface area contributed by atoms with Crippen LogP contribution < -0.4 is 0 Å². The Labute approximate surface area is 74.5 Å². The molecule has 0 aromatic heterocycles. The molecule has 1 saturated heterocycles. The Bertz CT molecular complexity index is 209. The summed E-state index contributed by atoms with van der Waals surface area (Å²) in [6.07, 6.45) is -0.475. The molecule has 0 N–H and O–H groups in total. The summed E-state index contributed by atoms with van der Waals surface area (Å²) in [4.78, 5) is 13.3. The van der Waals surface area contributed by atoms with Gasteiger partial charge in [0.15, 0.2) is 0 Å². The molecule has 13 heavy (non-hydrogen) atoms. The van der Waals surface area contributed by atoms with Crippen LogP contribution in [0.2, 0.25) is 0 Å². The second kappa shape index (κ2) is 3.47. The van der Waals surface area contributed by atoms with E-state index in [1.807, 2.05) is 0 Å². The first-order chi connectivity index (χ1) is 5.90. The Hall–Kier alpha value is -0.875. The summed E-state index contributed by atoms with van der Waals surface area (Å²) >= 11 is 0. The topological polar surface area (TPSA) is 23.6 Å². The summed E-state index contributed by atoms with van der Waals surface area (Å²) in [5.41, 5.74) is 0. The third kappa shape index (κ3) is 2.82. The SMILES string of the molecule is CN1CCCN(C[B-](F)(F)F)C1=O. The van der Waals surface area contributed by atoms with Crippen molar-refractivity contribution < 1.29 is 17.7 Å². The maximum Gasteiger partial charge on any atom is 0.497 e. The molecule has 1 aliphatic rings. The number of halogens is 3. The maximum absolute atomic E-state index is 12.0. The molecule has 1 fully saturated rings. The minimum absolute atomic E-state index is 0.213. The monoisotopic (exact) mass is 195 g/mol. The summed E-state index contributed by atoms with van der Waals surface area (Å²) in [5, 5.41) is 0. The van der Waals surface area contributed by atoms with E-state index in [-0.39, 0.29) is 6.54 Å². The van der Waals surface area contributed by atoms with E-state index in [4.69, 9.17) is 0 Å². The number of rotatable bonds is 2. The van der Waals surface area contributed by atoms with Crippen LogP contribution in [0.3, 0.4) is 0 Å². The zero-order chi connectivity index (χ0) is 10.1. The van der Waals surface area contributed by atoms with Gasteiger partial charge in [0, 0.05) is 20.1 Å². The van der Waals surface area contributed by atoms with Crippen LogP contribution in [0, 0.1) is 0 Å². The van der Waals surface area contributed by atoms with E-state index in [0.29, 0.717) is 13.0 Å². The lowest BCUT2D eigenvalue weighted by molar-refractivity contribution is 0.144. The first-order valence-electron chi connectivity index (χ1n) is 4.11. The van der Waals surface area contributed by atoms with Crippen molar-refractivity contribution in [2.45, 2.75) is 6.42 Å². The van der Waals surface area contributed by atoms with Crippen molar-refractivity contribution in [3.05, 3.63) is 0 Å². The van der Waals surface area contributed by atoms with Crippen molar-refractivity contribution in [2.24, 2.45) is 0 Å². The molecule has 0 atom stereocenters. The third-order valence-electron chi connectivity index (χ3n) is 1.95. The van der Waals surface area contributed by atoms with Gasteiger partial charge in [-0.3, -0.25) is 0 Å². The van der Waals surface area contributed by atoms with Gasteiger partial charge in [0.1, 0.15) is 0 Å². The number of hydrogen-bond donors (Lipinski definition) is 0. The van der Waals surface area contributed by atoms with E-state index < -0.39 is 19.5 Å². The standard InChI is InChI=1S/C6H11BF3N2O/c1-11-3-2-4-12(6(11)13)5-7(8,9)10/h2-5H2,1H3/q-1. The lowest BCUT2D eigenvalue weighted by Gasteiger charge is -2.36. The molecule has 0 aromatic carbocycles. The highest BCUT2D eigenvalue weighted by molar-refractivity contribution is 6.58. The van der Waals surface area contributed by atoms with Crippen LogP contribution in [-0.2, 0) is 0 Å². The van der Waals surface area contributed by atoms with Crippen molar-refractivity contribution in [3.8, 4) is 0 Å².